The van der Waals surface area contributed by atoms with Gasteiger partial charge in [0.25, 0.3) is 0 Å². The second kappa shape index (κ2) is 8.77. The van der Waals surface area contributed by atoms with E-state index in [1.165, 1.54) is 6.20 Å². The molecule has 1 N–H and O–H groups in total. The number of halogens is 1. The fourth-order valence-corrected chi connectivity index (χ4v) is 4.71. The Hall–Kier alpha value is -2.76. The van der Waals surface area contributed by atoms with Crippen LogP contribution in [0.2, 0.25) is 0 Å². The molecule has 1 aliphatic heterocycles. The number of nitrogens with zero attached hydrogens (tertiary/aromatic N) is 4. The van der Waals surface area contributed by atoms with E-state index in [1.54, 1.807) is 4.52 Å². The molecular weight excluding hydrogens is 458 g/mol. The van der Waals surface area contributed by atoms with E-state index in [9.17, 15) is 10.1 Å². The van der Waals surface area contributed by atoms with Gasteiger partial charge in [-0.25, -0.2) is 9.50 Å². The van der Waals surface area contributed by atoms with Gasteiger partial charge >= 0.3 is 0 Å². The predicted molar refractivity (Wildman–Crippen MR) is 120 cm³/mol. The number of rotatable bonds is 5. The van der Waals surface area contributed by atoms with E-state index in [1.807, 2.05) is 26.0 Å². The van der Waals surface area contributed by atoms with Crippen LogP contribution in [0.5, 0.6) is 0 Å². The molecular formula is C23H24BrN5O2. The van der Waals surface area contributed by atoms with E-state index in [4.69, 9.17) is 4.74 Å². The topological polar surface area (TPSA) is 92.3 Å². The first-order valence-electron chi connectivity index (χ1n) is 10.3. The van der Waals surface area contributed by atoms with Crippen LogP contribution in [0.4, 0.5) is 0 Å². The summed E-state index contributed by atoms with van der Waals surface area (Å²) in [5.74, 6) is -0.000971. The molecule has 0 bridgehead atoms. The molecule has 1 saturated heterocycles. The highest BCUT2D eigenvalue weighted by Crippen LogP contribution is 2.33. The Balaban J connectivity index is 1.54. The molecule has 3 aromatic rings. The normalized spacial score (nSPS) is 15.5. The van der Waals surface area contributed by atoms with E-state index in [2.05, 4.69) is 49.5 Å². The lowest BCUT2D eigenvalue weighted by Crippen LogP contribution is -2.49. The molecule has 0 aliphatic carbocycles. The Morgan fingerprint density at radius 3 is 2.84 bits per heavy atom. The Kier molecular flexibility index (Phi) is 6.08. The van der Waals surface area contributed by atoms with E-state index < -0.39 is 5.54 Å². The zero-order valence-electron chi connectivity index (χ0n) is 17.6. The van der Waals surface area contributed by atoms with Crippen molar-refractivity contribution in [3.63, 3.8) is 0 Å². The maximum Gasteiger partial charge on any atom is 0.221 e. The monoisotopic (exact) mass is 481 g/mol. The lowest BCUT2D eigenvalue weighted by atomic mass is 9.82. The number of hydrogen-bond acceptors (Lipinski definition) is 5. The first-order valence-corrected chi connectivity index (χ1v) is 11.1. The van der Waals surface area contributed by atoms with Gasteiger partial charge in [-0.3, -0.25) is 4.79 Å². The highest BCUT2D eigenvalue weighted by atomic mass is 79.9. The van der Waals surface area contributed by atoms with Crippen LogP contribution in [-0.2, 0) is 21.5 Å². The fraction of sp³-hybridized carbons (Fsp3) is 0.391. The number of benzene rings is 1. The average molecular weight is 482 g/mol. The first-order chi connectivity index (χ1) is 14.9. The summed E-state index contributed by atoms with van der Waals surface area (Å²) in [6.45, 7) is 5.10. The molecule has 0 radical (unpaired) electrons. The average Bonchev–Trinajstić information content (AvgIpc) is 3.17. The summed E-state index contributed by atoms with van der Waals surface area (Å²) in [6, 6.07) is 10.2. The number of carbonyl (C=O) groups is 1. The van der Waals surface area contributed by atoms with Crippen molar-refractivity contribution in [2.24, 2.45) is 0 Å². The van der Waals surface area contributed by atoms with Crippen LogP contribution in [0, 0.1) is 25.2 Å². The third-order valence-corrected chi connectivity index (χ3v) is 6.53. The van der Waals surface area contributed by atoms with Gasteiger partial charge in [-0.15, -0.1) is 0 Å². The molecule has 1 aromatic carbocycles. The molecule has 0 unspecified atom stereocenters. The number of hydrogen-bond donors (Lipinski definition) is 1. The summed E-state index contributed by atoms with van der Waals surface area (Å²) < 4.78 is 8.24. The highest BCUT2D eigenvalue weighted by Gasteiger charge is 2.36. The predicted octanol–water partition coefficient (Wildman–Crippen LogP) is 3.74. The van der Waals surface area contributed by atoms with Crippen molar-refractivity contribution in [1.29, 1.82) is 5.26 Å². The van der Waals surface area contributed by atoms with Gasteiger partial charge in [-0.1, -0.05) is 28.1 Å². The lowest BCUT2D eigenvalue weighted by Gasteiger charge is -2.38. The van der Waals surface area contributed by atoms with Crippen LogP contribution in [-0.4, -0.2) is 33.7 Å². The van der Waals surface area contributed by atoms with Gasteiger partial charge in [0.15, 0.2) is 5.65 Å². The third kappa shape index (κ3) is 4.21. The number of nitriles is 1. The number of nitrogens with one attached hydrogen (secondary N) is 1. The summed E-state index contributed by atoms with van der Waals surface area (Å²) in [5.41, 5.74) is 4.39. The van der Waals surface area contributed by atoms with Gasteiger partial charge in [-0.2, -0.15) is 10.4 Å². The molecule has 1 aliphatic rings. The molecule has 4 rings (SSSR count). The second-order valence-corrected chi connectivity index (χ2v) is 8.84. The largest absolute Gasteiger partial charge is 0.381 e. The molecule has 2 aromatic heterocycles. The molecule has 1 amide bonds. The van der Waals surface area contributed by atoms with Gasteiger partial charge in [0.1, 0.15) is 11.6 Å². The van der Waals surface area contributed by atoms with Crippen LogP contribution >= 0.6 is 15.9 Å². The van der Waals surface area contributed by atoms with Gasteiger partial charge < -0.3 is 10.1 Å². The summed E-state index contributed by atoms with van der Waals surface area (Å²) in [6.07, 6.45) is 3.91. The minimum atomic E-state index is -0.422. The van der Waals surface area contributed by atoms with Crippen LogP contribution in [0.15, 0.2) is 34.9 Å². The SMILES string of the molecule is Cc1nc2c(C#N)cnn2c(C)c1CCC(=O)NC1(c2cccc(Br)c2)CCOCC1. The highest BCUT2D eigenvalue weighted by molar-refractivity contribution is 9.10. The zero-order chi connectivity index (χ0) is 22.0. The Bertz CT molecular complexity index is 1170. The minimum Gasteiger partial charge on any atom is -0.381 e. The number of ether oxygens (including phenoxy) is 1. The van der Waals surface area contributed by atoms with E-state index in [-0.39, 0.29) is 5.91 Å². The van der Waals surface area contributed by atoms with Crippen molar-refractivity contribution in [3.05, 3.63) is 63.0 Å². The Morgan fingerprint density at radius 2 is 2.13 bits per heavy atom. The van der Waals surface area contributed by atoms with Crippen molar-refractivity contribution in [2.45, 2.75) is 45.1 Å². The molecule has 8 heteroatoms. The molecule has 31 heavy (non-hydrogen) atoms. The third-order valence-electron chi connectivity index (χ3n) is 6.03. The summed E-state index contributed by atoms with van der Waals surface area (Å²) in [5, 5.41) is 16.8. The first kappa shape index (κ1) is 21.5. The molecule has 0 saturated carbocycles. The van der Waals surface area contributed by atoms with E-state index in [0.717, 1.165) is 39.8 Å². The number of carbonyl (C=O) groups excluding carboxylic acids is 1. The van der Waals surface area contributed by atoms with Crippen LogP contribution in [0.25, 0.3) is 5.65 Å². The van der Waals surface area contributed by atoms with Crippen LogP contribution in [0.1, 0.15) is 47.3 Å². The maximum atomic E-state index is 13.0. The number of fused-ring (bicyclic) bond motifs is 1. The Morgan fingerprint density at radius 1 is 1.35 bits per heavy atom. The number of aromatic nitrogens is 3. The summed E-state index contributed by atoms with van der Waals surface area (Å²) in [7, 11) is 0. The fourth-order valence-electron chi connectivity index (χ4n) is 4.31. The number of amides is 1. The van der Waals surface area contributed by atoms with E-state index >= 15 is 0 Å². The molecule has 0 atom stereocenters. The minimum absolute atomic E-state index is 0.000971. The maximum absolute atomic E-state index is 13.0. The zero-order valence-corrected chi connectivity index (χ0v) is 19.2. The van der Waals surface area contributed by atoms with Crippen molar-refractivity contribution in [2.75, 3.05) is 13.2 Å². The molecule has 1 fully saturated rings. The lowest BCUT2D eigenvalue weighted by molar-refractivity contribution is -0.124. The molecule has 160 valence electrons. The van der Waals surface area contributed by atoms with Crippen molar-refractivity contribution < 1.29 is 9.53 Å². The van der Waals surface area contributed by atoms with Crippen molar-refractivity contribution >= 4 is 27.5 Å². The second-order valence-electron chi connectivity index (χ2n) is 7.92. The summed E-state index contributed by atoms with van der Waals surface area (Å²) in [4.78, 5) is 17.6. The van der Waals surface area contributed by atoms with Gasteiger partial charge in [0, 0.05) is 35.5 Å². The molecule has 7 nitrogen and oxygen atoms in total. The molecule has 3 heterocycles. The smallest absolute Gasteiger partial charge is 0.221 e. The van der Waals surface area contributed by atoms with Crippen molar-refractivity contribution in [3.8, 4) is 6.07 Å². The number of aryl methyl sites for hydroxylation is 2. The Labute approximate surface area is 189 Å². The standard InChI is InChI=1S/C23H24BrN5O2/c1-15-20(16(2)29-22(27-15)17(13-25)14-26-29)6-7-21(30)28-23(8-10-31-11-9-23)18-4-3-5-19(24)12-18/h3-5,12,14H,6-11H2,1-2H3,(H,28,30). The van der Waals surface area contributed by atoms with Gasteiger partial charge in [-0.05, 0) is 56.4 Å². The van der Waals surface area contributed by atoms with E-state index in [0.29, 0.717) is 37.3 Å². The quantitative estimate of drug-likeness (QED) is 0.599. The molecule has 0 spiro atoms. The van der Waals surface area contributed by atoms with Crippen LogP contribution < -0.4 is 5.32 Å². The summed E-state index contributed by atoms with van der Waals surface area (Å²) >= 11 is 3.54. The van der Waals surface area contributed by atoms with Crippen molar-refractivity contribution in [1.82, 2.24) is 19.9 Å². The van der Waals surface area contributed by atoms with Gasteiger partial charge in [0.2, 0.25) is 5.91 Å². The van der Waals surface area contributed by atoms with Gasteiger partial charge in [0.05, 0.1) is 11.7 Å². The van der Waals surface area contributed by atoms with Crippen LogP contribution in [0.3, 0.4) is 0 Å².